The molecule has 0 amide bonds. The Hall–Kier alpha value is -1.73. The van der Waals surface area contributed by atoms with Gasteiger partial charge in [-0.3, -0.25) is 0 Å². The summed E-state index contributed by atoms with van der Waals surface area (Å²) in [4.78, 5) is 0.800. The second-order valence-electron chi connectivity index (χ2n) is 3.39. The molecular formula is C11H8N4OS2. The van der Waals surface area contributed by atoms with Crippen LogP contribution in [0, 0.1) is 0 Å². The van der Waals surface area contributed by atoms with Crippen LogP contribution in [0.25, 0.3) is 22.0 Å². The number of rotatable bonds is 3. The lowest BCUT2D eigenvalue weighted by Crippen LogP contribution is -1.81. The van der Waals surface area contributed by atoms with Crippen molar-refractivity contribution in [2.75, 3.05) is 6.26 Å². The molecule has 2 heterocycles. The highest BCUT2D eigenvalue weighted by Gasteiger charge is 2.17. The lowest BCUT2D eigenvalue weighted by Gasteiger charge is -1.96. The van der Waals surface area contributed by atoms with Crippen LogP contribution in [0.3, 0.4) is 0 Å². The monoisotopic (exact) mass is 276 g/mol. The smallest absolute Gasteiger partial charge is 0.276 e. The quantitative estimate of drug-likeness (QED) is 0.685. The van der Waals surface area contributed by atoms with Gasteiger partial charge in [-0.05, 0) is 17.8 Å². The van der Waals surface area contributed by atoms with Gasteiger partial charge in [-0.1, -0.05) is 46.6 Å². The van der Waals surface area contributed by atoms with Crippen molar-refractivity contribution in [3.05, 3.63) is 30.3 Å². The van der Waals surface area contributed by atoms with Crippen molar-refractivity contribution in [3.63, 3.8) is 0 Å². The summed E-state index contributed by atoms with van der Waals surface area (Å²) >= 11 is 2.67. The molecule has 18 heavy (non-hydrogen) atoms. The highest BCUT2D eigenvalue weighted by Crippen LogP contribution is 2.33. The molecule has 0 bridgehead atoms. The molecule has 1 aromatic carbocycles. The third-order valence-electron chi connectivity index (χ3n) is 2.31. The van der Waals surface area contributed by atoms with E-state index in [9.17, 15) is 0 Å². The predicted octanol–water partition coefficient (Wildman–Crippen LogP) is 2.98. The van der Waals surface area contributed by atoms with Gasteiger partial charge >= 0.3 is 0 Å². The second kappa shape index (κ2) is 4.87. The molecule has 3 aromatic rings. The van der Waals surface area contributed by atoms with Crippen molar-refractivity contribution in [2.24, 2.45) is 0 Å². The predicted molar refractivity (Wildman–Crippen MR) is 70.4 cm³/mol. The van der Waals surface area contributed by atoms with E-state index in [2.05, 4.69) is 19.8 Å². The van der Waals surface area contributed by atoms with Gasteiger partial charge < -0.3 is 4.42 Å². The minimum Gasteiger partial charge on any atom is -0.410 e. The maximum atomic E-state index is 5.51. The summed E-state index contributed by atoms with van der Waals surface area (Å²) in [7, 11) is 0. The van der Waals surface area contributed by atoms with Gasteiger partial charge in [0.25, 0.3) is 11.1 Å². The summed E-state index contributed by atoms with van der Waals surface area (Å²) in [6.07, 6.45) is 1.89. The van der Waals surface area contributed by atoms with Crippen LogP contribution in [-0.2, 0) is 0 Å². The van der Waals surface area contributed by atoms with E-state index in [0.717, 1.165) is 16.1 Å². The van der Waals surface area contributed by atoms with Gasteiger partial charge in [-0.15, -0.1) is 15.3 Å². The van der Waals surface area contributed by atoms with Crippen LogP contribution in [0.5, 0.6) is 0 Å². The number of nitrogens with zero attached hydrogens (tertiary/aromatic N) is 4. The zero-order chi connectivity index (χ0) is 12.4. The third-order valence-corrected chi connectivity index (χ3v) is 3.54. The molecule has 0 unspecified atom stereocenters. The van der Waals surface area contributed by atoms with E-state index in [1.54, 1.807) is 0 Å². The highest BCUT2D eigenvalue weighted by molar-refractivity contribution is 7.98. The Kier molecular flexibility index (Phi) is 3.07. The van der Waals surface area contributed by atoms with E-state index in [1.807, 2.05) is 36.6 Å². The van der Waals surface area contributed by atoms with Crippen LogP contribution in [0.4, 0.5) is 0 Å². The fourth-order valence-corrected chi connectivity index (χ4v) is 2.39. The lowest BCUT2D eigenvalue weighted by atomic mass is 10.1. The molecular weight excluding hydrogens is 268 g/mol. The first-order valence-electron chi connectivity index (χ1n) is 5.14. The summed E-state index contributed by atoms with van der Waals surface area (Å²) in [5, 5.41) is 12.6. The van der Waals surface area contributed by atoms with Crippen molar-refractivity contribution in [3.8, 4) is 22.0 Å². The summed E-state index contributed by atoms with van der Waals surface area (Å²) in [6.45, 7) is 0. The minimum atomic E-state index is 0.466. The fourth-order valence-electron chi connectivity index (χ4n) is 1.50. The summed E-state index contributed by atoms with van der Waals surface area (Å²) < 4.78 is 9.48. The van der Waals surface area contributed by atoms with Crippen LogP contribution in [0.1, 0.15) is 0 Å². The number of thioether (sulfide) groups is 1. The number of hydrogen-bond donors (Lipinski definition) is 0. The van der Waals surface area contributed by atoms with Gasteiger partial charge in [0.05, 0.1) is 0 Å². The van der Waals surface area contributed by atoms with E-state index in [4.69, 9.17) is 4.42 Å². The average molecular weight is 276 g/mol. The van der Waals surface area contributed by atoms with E-state index in [0.29, 0.717) is 11.1 Å². The number of aromatic nitrogens is 4. The van der Waals surface area contributed by atoms with Crippen LogP contribution in [0.15, 0.2) is 40.0 Å². The molecule has 2 aromatic heterocycles. The van der Waals surface area contributed by atoms with Crippen LogP contribution < -0.4 is 0 Å². The molecule has 5 nitrogen and oxygen atoms in total. The topological polar surface area (TPSA) is 64.7 Å². The molecule has 0 spiro atoms. The van der Waals surface area contributed by atoms with Gasteiger partial charge in [0.2, 0.25) is 0 Å². The largest absolute Gasteiger partial charge is 0.410 e. The Morgan fingerprint density at radius 3 is 2.67 bits per heavy atom. The number of hydrogen-bond acceptors (Lipinski definition) is 7. The Morgan fingerprint density at radius 2 is 1.94 bits per heavy atom. The standard InChI is InChI=1S/C11H8N4OS2/c1-17-11-14-13-10(16-11)9-8(12-15-18-9)7-5-3-2-4-6-7/h2-6H,1H3. The molecule has 0 saturated carbocycles. The van der Waals surface area contributed by atoms with E-state index in [-0.39, 0.29) is 0 Å². The summed E-state index contributed by atoms with van der Waals surface area (Å²) in [5.74, 6) is 0.466. The van der Waals surface area contributed by atoms with Gasteiger partial charge in [0, 0.05) is 5.56 Å². The van der Waals surface area contributed by atoms with Crippen molar-refractivity contribution >= 4 is 23.3 Å². The van der Waals surface area contributed by atoms with Crippen LogP contribution in [-0.4, -0.2) is 26.0 Å². The van der Waals surface area contributed by atoms with E-state index >= 15 is 0 Å². The number of benzene rings is 1. The first kappa shape index (κ1) is 11.4. The van der Waals surface area contributed by atoms with Crippen molar-refractivity contribution in [1.82, 2.24) is 19.8 Å². The second-order valence-corrected chi connectivity index (χ2v) is 4.91. The molecule has 0 aliphatic heterocycles. The molecule has 0 radical (unpaired) electrons. The van der Waals surface area contributed by atoms with E-state index in [1.165, 1.54) is 23.3 Å². The van der Waals surface area contributed by atoms with E-state index < -0.39 is 0 Å². The van der Waals surface area contributed by atoms with Gasteiger partial charge in [-0.25, -0.2) is 0 Å². The zero-order valence-corrected chi connectivity index (χ0v) is 11.0. The molecule has 0 N–H and O–H groups in total. The Balaban J connectivity index is 2.07. The van der Waals surface area contributed by atoms with Gasteiger partial charge in [0.1, 0.15) is 10.6 Å². The summed E-state index contributed by atoms with van der Waals surface area (Å²) in [6, 6.07) is 9.83. The molecule has 7 heteroatoms. The first-order valence-corrected chi connectivity index (χ1v) is 7.14. The SMILES string of the molecule is CSc1nnc(-c2snnc2-c2ccccc2)o1. The van der Waals surface area contributed by atoms with Gasteiger partial charge in [-0.2, -0.15) is 0 Å². The molecule has 90 valence electrons. The molecule has 0 fully saturated rings. The third kappa shape index (κ3) is 2.02. The first-order chi connectivity index (χ1) is 8.88. The Bertz CT molecular complexity index is 650. The molecule has 0 aliphatic carbocycles. The average Bonchev–Trinajstić information content (AvgIpc) is 3.08. The lowest BCUT2D eigenvalue weighted by molar-refractivity contribution is 0.467. The zero-order valence-electron chi connectivity index (χ0n) is 9.40. The normalized spacial score (nSPS) is 10.7. The molecule has 0 saturated heterocycles. The van der Waals surface area contributed by atoms with Crippen LogP contribution >= 0.6 is 23.3 Å². The Labute approximate surface area is 111 Å². The minimum absolute atomic E-state index is 0.466. The maximum Gasteiger partial charge on any atom is 0.276 e. The molecule has 0 atom stereocenters. The summed E-state index contributed by atoms with van der Waals surface area (Å²) in [5.41, 5.74) is 1.77. The highest BCUT2D eigenvalue weighted by atomic mass is 32.2. The van der Waals surface area contributed by atoms with Crippen molar-refractivity contribution < 1.29 is 4.42 Å². The maximum absolute atomic E-state index is 5.51. The van der Waals surface area contributed by atoms with Gasteiger partial charge in [0.15, 0.2) is 0 Å². The Morgan fingerprint density at radius 1 is 1.11 bits per heavy atom. The molecule has 0 aliphatic rings. The fraction of sp³-hybridized carbons (Fsp3) is 0.0909. The van der Waals surface area contributed by atoms with Crippen molar-refractivity contribution in [2.45, 2.75) is 5.22 Å². The van der Waals surface area contributed by atoms with Crippen LogP contribution in [0.2, 0.25) is 0 Å². The van der Waals surface area contributed by atoms with Crippen molar-refractivity contribution in [1.29, 1.82) is 0 Å². The molecule has 3 rings (SSSR count).